The molecule has 5 atom stereocenters. The third-order valence-corrected chi connectivity index (χ3v) is 8.11. The Balaban J connectivity index is 2.07. The summed E-state index contributed by atoms with van der Waals surface area (Å²) in [5.41, 5.74) is 0.316. The average Bonchev–Trinajstić information content (AvgIpc) is 3.51. The standard InChI is InChI=1S/C25H36N6O5S2/c1-10(2)16-22(35)31-19(13(7)32)23(36)30-18(12(5)6)25-27-15(9-38-25)21(34)29-17(11(3)4)24-26-14(8-37-24)20(33)28-16/h8-13,16-19,32H,1-7H3,(H,28,33)(H,29,34)(H,30,36)(H,31,35)/t13-,16+,17-,18-,19-/m0/s1. The zero-order chi connectivity index (χ0) is 28.3. The van der Waals surface area contributed by atoms with Crippen LogP contribution in [-0.2, 0) is 9.59 Å². The maximum absolute atomic E-state index is 13.2. The van der Waals surface area contributed by atoms with Gasteiger partial charge in [-0.25, -0.2) is 9.97 Å². The van der Waals surface area contributed by atoms with Crippen LogP contribution in [0.25, 0.3) is 0 Å². The molecule has 0 saturated heterocycles. The number of carbonyl (C=O) groups is 4. The molecule has 1 aliphatic heterocycles. The Hall–Kier alpha value is -2.90. The molecule has 0 radical (unpaired) electrons. The lowest BCUT2D eigenvalue weighted by Crippen LogP contribution is -2.58. The van der Waals surface area contributed by atoms with Gasteiger partial charge in [0.25, 0.3) is 11.8 Å². The number of aliphatic hydroxyl groups excluding tert-OH is 1. The van der Waals surface area contributed by atoms with Crippen molar-refractivity contribution in [1.29, 1.82) is 0 Å². The summed E-state index contributed by atoms with van der Waals surface area (Å²) in [6, 6.07) is -3.28. The Bertz CT molecular complexity index is 1170. The highest BCUT2D eigenvalue weighted by Crippen LogP contribution is 2.28. The summed E-state index contributed by atoms with van der Waals surface area (Å²) in [4.78, 5) is 61.6. The largest absolute Gasteiger partial charge is 0.391 e. The molecule has 208 valence electrons. The van der Waals surface area contributed by atoms with Crippen molar-refractivity contribution in [3.63, 3.8) is 0 Å². The van der Waals surface area contributed by atoms with Crippen LogP contribution in [0.4, 0.5) is 0 Å². The Morgan fingerprint density at radius 1 is 0.632 bits per heavy atom. The second-order valence-corrected chi connectivity index (χ2v) is 12.3. The van der Waals surface area contributed by atoms with Crippen LogP contribution in [0, 0.1) is 17.8 Å². The molecule has 3 heterocycles. The number of aliphatic hydroxyl groups is 1. The molecular formula is C25H36N6O5S2. The van der Waals surface area contributed by atoms with Gasteiger partial charge in [0, 0.05) is 10.8 Å². The quantitative estimate of drug-likeness (QED) is 0.380. The Labute approximate surface area is 230 Å². The van der Waals surface area contributed by atoms with Crippen LogP contribution in [0.1, 0.15) is 91.5 Å². The summed E-state index contributed by atoms with van der Waals surface area (Å²) in [6.07, 6.45) is -1.22. The molecule has 2 aromatic rings. The van der Waals surface area contributed by atoms with Crippen molar-refractivity contribution >= 4 is 46.3 Å². The van der Waals surface area contributed by atoms with Gasteiger partial charge in [-0.3, -0.25) is 19.2 Å². The highest BCUT2D eigenvalue weighted by molar-refractivity contribution is 7.10. The number of carbonyl (C=O) groups excluding carboxylic acids is 4. The minimum atomic E-state index is -1.28. The lowest BCUT2D eigenvalue weighted by molar-refractivity contribution is -0.133. The van der Waals surface area contributed by atoms with Crippen molar-refractivity contribution in [2.24, 2.45) is 17.8 Å². The molecule has 5 N–H and O–H groups in total. The van der Waals surface area contributed by atoms with Gasteiger partial charge in [-0.15, -0.1) is 22.7 Å². The van der Waals surface area contributed by atoms with E-state index in [1.165, 1.54) is 29.6 Å². The third kappa shape index (κ3) is 6.75. The number of hydrogen-bond acceptors (Lipinski definition) is 9. The number of nitrogens with one attached hydrogen (secondary N) is 4. The van der Waals surface area contributed by atoms with Crippen molar-refractivity contribution in [3.05, 3.63) is 32.2 Å². The van der Waals surface area contributed by atoms with E-state index in [-0.39, 0.29) is 29.1 Å². The Morgan fingerprint density at radius 2 is 1.00 bits per heavy atom. The fourth-order valence-electron chi connectivity index (χ4n) is 3.95. The van der Waals surface area contributed by atoms with E-state index in [1.54, 1.807) is 24.6 Å². The zero-order valence-corrected chi connectivity index (χ0v) is 24.2. The lowest BCUT2D eigenvalue weighted by atomic mass is 10.0. The predicted octanol–water partition coefficient (Wildman–Crippen LogP) is 2.17. The van der Waals surface area contributed by atoms with Gasteiger partial charge in [0.1, 0.15) is 33.5 Å². The molecule has 0 fully saturated rings. The molecule has 2 aromatic heterocycles. The number of aromatic nitrogens is 2. The number of fused-ring (bicyclic) bond motifs is 4. The lowest BCUT2D eigenvalue weighted by Gasteiger charge is -2.28. The first-order chi connectivity index (χ1) is 17.8. The molecule has 13 heteroatoms. The van der Waals surface area contributed by atoms with Crippen molar-refractivity contribution in [2.45, 2.75) is 78.7 Å². The predicted molar refractivity (Wildman–Crippen MR) is 145 cm³/mol. The monoisotopic (exact) mass is 564 g/mol. The van der Waals surface area contributed by atoms with Crippen molar-refractivity contribution in [2.75, 3.05) is 0 Å². The van der Waals surface area contributed by atoms with Gasteiger partial charge in [0.05, 0.1) is 18.2 Å². The third-order valence-electron chi connectivity index (χ3n) is 6.26. The van der Waals surface area contributed by atoms with Crippen LogP contribution in [0.15, 0.2) is 10.8 Å². The van der Waals surface area contributed by atoms with Crippen molar-refractivity contribution < 1.29 is 24.3 Å². The summed E-state index contributed by atoms with van der Waals surface area (Å²) in [5, 5.41) is 25.8. The molecule has 3 rings (SSSR count). The zero-order valence-electron chi connectivity index (χ0n) is 22.6. The number of thiazole rings is 2. The van der Waals surface area contributed by atoms with E-state index in [0.29, 0.717) is 10.0 Å². The summed E-state index contributed by atoms with van der Waals surface area (Å²) >= 11 is 2.48. The summed E-state index contributed by atoms with van der Waals surface area (Å²) < 4.78 is 0. The number of hydrogen-bond donors (Lipinski definition) is 5. The highest BCUT2D eigenvalue weighted by Gasteiger charge is 2.34. The van der Waals surface area contributed by atoms with Crippen LogP contribution < -0.4 is 21.3 Å². The van der Waals surface area contributed by atoms with Gasteiger partial charge in [0.2, 0.25) is 11.8 Å². The molecule has 0 aliphatic carbocycles. The first kappa shape index (κ1) is 29.7. The van der Waals surface area contributed by atoms with Gasteiger partial charge < -0.3 is 26.4 Å². The fourth-order valence-corrected chi connectivity index (χ4v) is 5.99. The van der Waals surface area contributed by atoms with Gasteiger partial charge in [-0.1, -0.05) is 41.5 Å². The topological polar surface area (TPSA) is 162 Å². The first-order valence-corrected chi connectivity index (χ1v) is 14.4. The first-order valence-electron chi connectivity index (χ1n) is 12.6. The minimum Gasteiger partial charge on any atom is -0.391 e. The molecule has 1 aliphatic rings. The van der Waals surface area contributed by atoms with E-state index < -0.39 is 53.9 Å². The van der Waals surface area contributed by atoms with Gasteiger partial charge in [-0.2, -0.15) is 0 Å². The summed E-state index contributed by atoms with van der Waals surface area (Å²) in [6.45, 7) is 12.6. The number of amides is 4. The molecule has 11 nitrogen and oxygen atoms in total. The van der Waals surface area contributed by atoms with Gasteiger partial charge in [0.15, 0.2) is 0 Å². The van der Waals surface area contributed by atoms with E-state index in [4.69, 9.17) is 0 Å². The molecule has 0 unspecified atom stereocenters. The second kappa shape index (κ2) is 12.3. The molecule has 0 saturated carbocycles. The van der Waals surface area contributed by atoms with E-state index in [2.05, 4.69) is 31.2 Å². The van der Waals surface area contributed by atoms with Crippen molar-refractivity contribution in [1.82, 2.24) is 31.2 Å². The van der Waals surface area contributed by atoms with Gasteiger partial charge >= 0.3 is 0 Å². The summed E-state index contributed by atoms with van der Waals surface area (Å²) in [7, 11) is 0. The SMILES string of the molecule is CC(C)[C@@H]1NC(=O)c2csc(n2)[C@H](C(C)C)NC(=O)[C@H]([C@H](C)O)NC(=O)[C@@H](C(C)C)NC(=O)c2csc1n2. The number of nitrogens with zero attached hydrogens (tertiary/aromatic N) is 2. The van der Waals surface area contributed by atoms with Crippen LogP contribution in [0.3, 0.4) is 0 Å². The number of rotatable bonds is 4. The van der Waals surface area contributed by atoms with Crippen LogP contribution in [0.5, 0.6) is 0 Å². The Morgan fingerprint density at radius 3 is 1.42 bits per heavy atom. The van der Waals surface area contributed by atoms with Crippen molar-refractivity contribution in [3.8, 4) is 0 Å². The van der Waals surface area contributed by atoms with Crippen LogP contribution in [-0.4, -0.2) is 56.9 Å². The fraction of sp³-hybridized carbons (Fsp3) is 0.600. The molecule has 4 amide bonds. The van der Waals surface area contributed by atoms with E-state index in [9.17, 15) is 24.3 Å². The maximum atomic E-state index is 13.2. The van der Waals surface area contributed by atoms with Crippen LogP contribution in [0.2, 0.25) is 0 Å². The smallest absolute Gasteiger partial charge is 0.271 e. The molecular weight excluding hydrogens is 528 g/mol. The molecule has 4 bridgehead atoms. The van der Waals surface area contributed by atoms with E-state index in [1.807, 2.05) is 27.7 Å². The van der Waals surface area contributed by atoms with E-state index >= 15 is 0 Å². The average molecular weight is 565 g/mol. The maximum Gasteiger partial charge on any atom is 0.271 e. The summed E-state index contributed by atoms with van der Waals surface area (Å²) in [5.74, 6) is -2.60. The Kier molecular flexibility index (Phi) is 9.60. The van der Waals surface area contributed by atoms with E-state index in [0.717, 1.165) is 0 Å². The second-order valence-electron chi connectivity index (χ2n) is 10.5. The minimum absolute atomic E-state index is 0.0287. The normalized spacial score (nSPS) is 24.4. The molecule has 0 aromatic carbocycles. The highest BCUT2D eigenvalue weighted by atomic mass is 32.1. The van der Waals surface area contributed by atoms with Crippen LogP contribution >= 0.6 is 22.7 Å². The molecule has 38 heavy (non-hydrogen) atoms. The van der Waals surface area contributed by atoms with Gasteiger partial charge in [-0.05, 0) is 24.7 Å². The molecule has 0 spiro atoms.